The van der Waals surface area contributed by atoms with Gasteiger partial charge in [0.2, 0.25) is 5.91 Å². The predicted octanol–water partition coefficient (Wildman–Crippen LogP) is -0.291. The summed E-state index contributed by atoms with van der Waals surface area (Å²) in [5.74, 6) is -0.0229. The lowest BCUT2D eigenvalue weighted by molar-refractivity contribution is -0.149. The lowest BCUT2D eigenvalue weighted by atomic mass is 9.99. The minimum absolute atomic E-state index is 0.0229. The predicted molar refractivity (Wildman–Crippen MR) is 97.7 cm³/mol. The van der Waals surface area contributed by atoms with E-state index >= 15 is 0 Å². The van der Waals surface area contributed by atoms with E-state index in [1.807, 2.05) is 24.3 Å². The standard InChI is InChI=1S/C18H31N5O3/c1-20-5-3-6-22(8-7-20)14-16-18(15-12-19-21(2)13-15)23(9-11-26-16)17(25)4-10-24/h12-13,16,18,24H,3-11,14H2,1-2H3/t16-,18-/m0/s1. The molecule has 1 aromatic heterocycles. The number of hydrogen-bond donors (Lipinski definition) is 1. The number of ether oxygens (including phenoxy) is 1. The Morgan fingerprint density at radius 2 is 2.12 bits per heavy atom. The van der Waals surface area contributed by atoms with E-state index < -0.39 is 0 Å². The van der Waals surface area contributed by atoms with Gasteiger partial charge in [0.25, 0.3) is 0 Å². The van der Waals surface area contributed by atoms with Crippen molar-refractivity contribution >= 4 is 5.91 Å². The van der Waals surface area contributed by atoms with Crippen molar-refractivity contribution < 1.29 is 14.6 Å². The van der Waals surface area contributed by atoms with E-state index in [2.05, 4.69) is 21.9 Å². The Balaban J connectivity index is 1.78. The van der Waals surface area contributed by atoms with Crippen LogP contribution >= 0.6 is 0 Å². The molecule has 8 heteroatoms. The van der Waals surface area contributed by atoms with E-state index in [1.165, 1.54) is 0 Å². The summed E-state index contributed by atoms with van der Waals surface area (Å²) in [5, 5.41) is 13.5. The van der Waals surface area contributed by atoms with Crippen molar-refractivity contribution in [1.82, 2.24) is 24.5 Å². The third-order valence-corrected chi connectivity index (χ3v) is 5.31. The number of carbonyl (C=O) groups is 1. The average molecular weight is 365 g/mol. The van der Waals surface area contributed by atoms with Crippen LogP contribution in [0.4, 0.5) is 0 Å². The molecule has 0 saturated carbocycles. The van der Waals surface area contributed by atoms with Gasteiger partial charge in [0, 0.05) is 51.4 Å². The molecule has 1 N–H and O–H groups in total. The molecule has 2 saturated heterocycles. The highest BCUT2D eigenvalue weighted by atomic mass is 16.5. The van der Waals surface area contributed by atoms with Crippen LogP contribution in [0.5, 0.6) is 0 Å². The highest BCUT2D eigenvalue weighted by molar-refractivity contribution is 5.77. The molecule has 2 aliphatic rings. The summed E-state index contributed by atoms with van der Waals surface area (Å²) in [4.78, 5) is 19.3. The van der Waals surface area contributed by atoms with Crippen molar-refractivity contribution in [1.29, 1.82) is 0 Å². The van der Waals surface area contributed by atoms with Gasteiger partial charge in [-0.2, -0.15) is 5.10 Å². The van der Waals surface area contributed by atoms with Crippen LogP contribution in [0.25, 0.3) is 0 Å². The van der Waals surface area contributed by atoms with Gasteiger partial charge >= 0.3 is 0 Å². The number of morpholine rings is 1. The van der Waals surface area contributed by atoms with E-state index in [-0.39, 0.29) is 31.1 Å². The summed E-state index contributed by atoms with van der Waals surface area (Å²) in [6.07, 6.45) is 4.99. The fourth-order valence-electron chi connectivity index (χ4n) is 3.93. The minimum Gasteiger partial charge on any atom is -0.396 e. The van der Waals surface area contributed by atoms with E-state index in [1.54, 1.807) is 4.68 Å². The molecule has 0 bridgehead atoms. The molecule has 0 aliphatic carbocycles. The number of nitrogens with zero attached hydrogens (tertiary/aromatic N) is 5. The third kappa shape index (κ3) is 4.62. The second-order valence-electron chi connectivity index (χ2n) is 7.32. The monoisotopic (exact) mass is 365 g/mol. The van der Waals surface area contributed by atoms with Gasteiger partial charge in [-0.05, 0) is 26.6 Å². The zero-order chi connectivity index (χ0) is 18.5. The second kappa shape index (κ2) is 8.94. The fourth-order valence-corrected chi connectivity index (χ4v) is 3.93. The van der Waals surface area contributed by atoms with Crippen molar-refractivity contribution in [3.8, 4) is 0 Å². The Labute approximate surface area is 155 Å². The molecular formula is C18H31N5O3. The number of rotatable bonds is 5. The van der Waals surface area contributed by atoms with Crippen LogP contribution in [-0.4, -0.2) is 101 Å². The lowest BCUT2D eigenvalue weighted by Crippen LogP contribution is -2.52. The van der Waals surface area contributed by atoms with Crippen molar-refractivity contribution in [3.05, 3.63) is 18.0 Å². The first-order valence-electron chi connectivity index (χ1n) is 9.50. The number of likely N-dealkylation sites (N-methyl/N-ethyl adjacent to an activating group) is 1. The van der Waals surface area contributed by atoms with Crippen LogP contribution in [-0.2, 0) is 16.6 Å². The van der Waals surface area contributed by atoms with Crippen LogP contribution in [0.1, 0.15) is 24.4 Å². The maximum absolute atomic E-state index is 12.6. The lowest BCUT2D eigenvalue weighted by Gasteiger charge is -2.42. The van der Waals surface area contributed by atoms with Gasteiger partial charge in [0.15, 0.2) is 0 Å². The van der Waals surface area contributed by atoms with Crippen LogP contribution < -0.4 is 0 Å². The number of aliphatic hydroxyl groups is 1. The summed E-state index contributed by atoms with van der Waals surface area (Å²) in [7, 11) is 4.04. The van der Waals surface area contributed by atoms with Crippen LogP contribution in [0, 0.1) is 0 Å². The maximum Gasteiger partial charge on any atom is 0.225 e. The maximum atomic E-state index is 12.6. The van der Waals surface area contributed by atoms with Gasteiger partial charge in [-0.25, -0.2) is 0 Å². The zero-order valence-electron chi connectivity index (χ0n) is 15.9. The quantitative estimate of drug-likeness (QED) is 0.773. The van der Waals surface area contributed by atoms with Crippen LogP contribution in [0.3, 0.4) is 0 Å². The summed E-state index contributed by atoms with van der Waals surface area (Å²) >= 11 is 0. The minimum atomic E-state index is -0.155. The number of aliphatic hydroxyl groups excluding tert-OH is 1. The molecule has 2 aliphatic heterocycles. The largest absolute Gasteiger partial charge is 0.396 e. The molecule has 26 heavy (non-hydrogen) atoms. The van der Waals surface area contributed by atoms with Crippen molar-refractivity contribution in [2.75, 3.05) is 59.5 Å². The number of aromatic nitrogens is 2. The SMILES string of the molecule is CN1CCCN(C[C@@H]2OCCN(C(=O)CCO)[C@H]2c2cnn(C)c2)CC1. The molecule has 0 aromatic carbocycles. The Kier molecular flexibility index (Phi) is 6.63. The van der Waals surface area contributed by atoms with E-state index in [0.29, 0.717) is 13.2 Å². The molecule has 1 amide bonds. The Morgan fingerprint density at radius 1 is 1.27 bits per heavy atom. The van der Waals surface area contributed by atoms with Gasteiger partial charge in [-0.15, -0.1) is 0 Å². The van der Waals surface area contributed by atoms with Gasteiger partial charge in [0.1, 0.15) is 0 Å². The highest BCUT2D eigenvalue weighted by Crippen LogP contribution is 2.30. The molecule has 3 heterocycles. The molecule has 0 unspecified atom stereocenters. The van der Waals surface area contributed by atoms with Gasteiger partial charge in [-0.1, -0.05) is 0 Å². The summed E-state index contributed by atoms with van der Waals surface area (Å²) in [5.41, 5.74) is 0.996. The highest BCUT2D eigenvalue weighted by Gasteiger charge is 2.37. The summed E-state index contributed by atoms with van der Waals surface area (Å²) < 4.78 is 7.90. The molecule has 3 rings (SSSR count). The van der Waals surface area contributed by atoms with Gasteiger partial charge in [-0.3, -0.25) is 14.4 Å². The van der Waals surface area contributed by atoms with E-state index in [9.17, 15) is 9.90 Å². The molecule has 2 fully saturated rings. The molecule has 2 atom stereocenters. The fraction of sp³-hybridized carbons (Fsp3) is 0.778. The number of hydrogen-bond acceptors (Lipinski definition) is 6. The zero-order valence-corrected chi connectivity index (χ0v) is 15.9. The second-order valence-corrected chi connectivity index (χ2v) is 7.32. The molecule has 8 nitrogen and oxygen atoms in total. The number of aryl methyl sites for hydroxylation is 1. The number of carbonyl (C=O) groups excluding carboxylic acids is 1. The molecule has 0 spiro atoms. The molecular weight excluding hydrogens is 334 g/mol. The summed E-state index contributed by atoms with van der Waals surface area (Å²) in [6, 6.07) is -0.155. The normalized spacial score (nSPS) is 26.0. The first-order chi connectivity index (χ1) is 12.6. The number of amides is 1. The van der Waals surface area contributed by atoms with Crippen LogP contribution in [0.2, 0.25) is 0 Å². The molecule has 0 radical (unpaired) electrons. The van der Waals surface area contributed by atoms with Crippen LogP contribution in [0.15, 0.2) is 12.4 Å². The first-order valence-corrected chi connectivity index (χ1v) is 9.50. The Bertz CT molecular complexity index is 593. The topological polar surface area (TPSA) is 74.1 Å². The smallest absolute Gasteiger partial charge is 0.225 e. The molecule has 146 valence electrons. The van der Waals surface area contributed by atoms with E-state index in [0.717, 1.165) is 44.7 Å². The average Bonchev–Trinajstić information content (AvgIpc) is 2.94. The third-order valence-electron chi connectivity index (χ3n) is 5.31. The van der Waals surface area contributed by atoms with Crippen molar-refractivity contribution in [2.45, 2.75) is 25.0 Å². The summed E-state index contributed by atoms with van der Waals surface area (Å²) in [6.45, 7) is 6.00. The Morgan fingerprint density at radius 3 is 2.85 bits per heavy atom. The van der Waals surface area contributed by atoms with Crippen molar-refractivity contribution in [3.63, 3.8) is 0 Å². The van der Waals surface area contributed by atoms with Gasteiger partial charge in [0.05, 0.1) is 31.6 Å². The van der Waals surface area contributed by atoms with Crippen molar-refractivity contribution in [2.24, 2.45) is 7.05 Å². The Hall–Kier alpha value is -1.48. The van der Waals surface area contributed by atoms with Gasteiger partial charge < -0.3 is 19.6 Å². The molecule has 1 aromatic rings. The van der Waals surface area contributed by atoms with E-state index in [4.69, 9.17) is 4.74 Å². The first kappa shape index (κ1) is 19.3.